The number of para-hydroxylation sites is 1. The molecule has 2 heterocycles. The predicted molar refractivity (Wildman–Crippen MR) is 76.4 cm³/mol. The lowest BCUT2D eigenvalue weighted by Crippen LogP contribution is -1.93. The third kappa shape index (κ3) is 2.63. The van der Waals surface area contributed by atoms with E-state index in [2.05, 4.69) is 15.5 Å². The lowest BCUT2D eigenvalue weighted by atomic mass is 10.2. The Kier molecular flexibility index (Phi) is 2.98. The normalized spacial score (nSPS) is 11.2. The molecule has 0 fully saturated rings. The molecule has 3 rings (SSSR count). The molecule has 94 valence electrons. The third-order valence-electron chi connectivity index (χ3n) is 2.73. The van der Waals surface area contributed by atoms with Crippen molar-refractivity contribution in [3.63, 3.8) is 0 Å². The zero-order valence-electron chi connectivity index (χ0n) is 10.5. The van der Waals surface area contributed by atoms with E-state index in [-0.39, 0.29) is 0 Å². The van der Waals surface area contributed by atoms with Gasteiger partial charge in [0.15, 0.2) is 0 Å². The van der Waals surface area contributed by atoms with Crippen molar-refractivity contribution in [2.24, 2.45) is 5.10 Å². The molecule has 2 aromatic heterocycles. The maximum absolute atomic E-state index is 5.38. The number of hydrogen-bond acceptors (Lipinski definition) is 4. The van der Waals surface area contributed by atoms with E-state index in [1.165, 1.54) is 0 Å². The molecule has 1 N–H and O–H groups in total. The Labute approximate surface area is 110 Å². The minimum Gasteiger partial charge on any atom is -0.460 e. The first-order chi connectivity index (χ1) is 9.31. The average Bonchev–Trinajstić information content (AvgIpc) is 2.84. The molecule has 19 heavy (non-hydrogen) atoms. The fraction of sp³-hybridized carbons (Fsp3) is 0.0667. The molecule has 0 unspecified atom stereocenters. The van der Waals surface area contributed by atoms with Crippen molar-refractivity contribution in [1.82, 2.24) is 4.98 Å². The van der Waals surface area contributed by atoms with Gasteiger partial charge in [0.05, 0.1) is 11.7 Å². The Bertz CT molecular complexity index is 731. The van der Waals surface area contributed by atoms with Crippen LogP contribution in [0.25, 0.3) is 10.9 Å². The Morgan fingerprint density at radius 3 is 2.84 bits per heavy atom. The van der Waals surface area contributed by atoms with E-state index in [4.69, 9.17) is 4.42 Å². The summed E-state index contributed by atoms with van der Waals surface area (Å²) in [6, 6.07) is 15.6. The van der Waals surface area contributed by atoms with E-state index >= 15 is 0 Å². The first-order valence-electron chi connectivity index (χ1n) is 6.02. The van der Waals surface area contributed by atoms with Gasteiger partial charge in [0.25, 0.3) is 0 Å². The van der Waals surface area contributed by atoms with Crippen molar-refractivity contribution >= 4 is 22.9 Å². The van der Waals surface area contributed by atoms with Crippen LogP contribution in [-0.2, 0) is 0 Å². The van der Waals surface area contributed by atoms with Gasteiger partial charge in [0.2, 0.25) is 0 Å². The molecule has 0 amide bonds. The topological polar surface area (TPSA) is 50.4 Å². The van der Waals surface area contributed by atoms with Crippen molar-refractivity contribution < 1.29 is 4.42 Å². The van der Waals surface area contributed by atoms with Crippen LogP contribution in [0.5, 0.6) is 0 Å². The van der Waals surface area contributed by atoms with Crippen molar-refractivity contribution in [1.29, 1.82) is 0 Å². The maximum atomic E-state index is 5.38. The van der Waals surface area contributed by atoms with E-state index in [0.717, 1.165) is 16.7 Å². The summed E-state index contributed by atoms with van der Waals surface area (Å²) in [6.45, 7) is 1.90. The molecular formula is C15H13N3O. The number of pyridine rings is 1. The quantitative estimate of drug-likeness (QED) is 0.571. The second-order valence-electron chi connectivity index (χ2n) is 4.21. The number of aromatic nitrogens is 1. The summed E-state index contributed by atoms with van der Waals surface area (Å²) in [4.78, 5) is 4.46. The number of nitrogens with zero attached hydrogens (tertiary/aromatic N) is 2. The lowest BCUT2D eigenvalue weighted by molar-refractivity contribution is 0.528. The SMILES string of the molecule is Cc1ccc(/C=N/Nc2ccc3ccccc3n2)o1. The summed E-state index contributed by atoms with van der Waals surface area (Å²) in [5.74, 6) is 2.29. The van der Waals surface area contributed by atoms with Crippen LogP contribution in [0.4, 0.5) is 5.82 Å². The summed E-state index contributed by atoms with van der Waals surface area (Å²) >= 11 is 0. The molecule has 4 heteroatoms. The molecule has 1 aromatic carbocycles. The smallest absolute Gasteiger partial charge is 0.147 e. The van der Waals surface area contributed by atoms with E-state index in [1.54, 1.807) is 6.21 Å². The van der Waals surface area contributed by atoms with Gasteiger partial charge < -0.3 is 4.42 Å². The highest BCUT2D eigenvalue weighted by atomic mass is 16.3. The highest BCUT2D eigenvalue weighted by Gasteiger charge is 1.96. The predicted octanol–water partition coefficient (Wildman–Crippen LogP) is 3.58. The van der Waals surface area contributed by atoms with Crippen LogP contribution >= 0.6 is 0 Å². The second kappa shape index (κ2) is 4.94. The number of aryl methyl sites for hydroxylation is 1. The molecule has 0 atom stereocenters. The number of furan rings is 1. The second-order valence-corrected chi connectivity index (χ2v) is 4.21. The minimum absolute atomic E-state index is 0.707. The number of fused-ring (bicyclic) bond motifs is 1. The Morgan fingerprint density at radius 2 is 2.00 bits per heavy atom. The number of anilines is 1. The van der Waals surface area contributed by atoms with Crippen LogP contribution in [0.3, 0.4) is 0 Å². The summed E-state index contributed by atoms with van der Waals surface area (Å²) < 4.78 is 5.38. The number of nitrogens with one attached hydrogen (secondary N) is 1. The number of hydrogen-bond donors (Lipinski definition) is 1. The zero-order chi connectivity index (χ0) is 13.1. The Morgan fingerprint density at radius 1 is 1.11 bits per heavy atom. The van der Waals surface area contributed by atoms with Gasteiger partial charge in [0.1, 0.15) is 17.3 Å². The molecule has 0 aliphatic carbocycles. The summed E-state index contributed by atoms with van der Waals surface area (Å²) in [5, 5.41) is 5.21. The van der Waals surface area contributed by atoms with Gasteiger partial charge >= 0.3 is 0 Å². The molecule has 0 bridgehead atoms. The van der Waals surface area contributed by atoms with E-state index in [1.807, 2.05) is 55.5 Å². The highest BCUT2D eigenvalue weighted by Crippen LogP contribution is 2.14. The van der Waals surface area contributed by atoms with Gasteiger partial charge in [0, 0.05) is 5.39 Å². The molecule has 0 saturated heterocycles. The summed E-state index contributed by atoms with van der Waals surface area (Å²) in [5.41, 5.74) is 3.83. The molecule has 0 saturated carbocycles. The fourth-order valence-electron chi connectivity index (χ4n) is 1.81. The van der Waals surface area contributed by atoms with Crippen molar-refractivity contribution in [3.05, 3.63) is 60.1 Å². The van der Waals surface area contributed by atoms with Crippen LogP contribution in [0, 0.1) is 6.92 Å². The number of hydrazone groups is 1. The van der Waals surface area contributed by atoms with E-state index < -0.39 is 0 Å². The van der Waals surface area contributed by atoms with Gasteiger partial charge in [-0.15, -0.1) is 0 Å². The fourth-order valence-corrected chi connectivity index (χ4v) is 1.81. The monoisotopic (exact) mass is 251 g/mol. The van der Waals surface area contributed by atoms with E-state index in [9.17, 15) is 0 Å². The molecule has 0 aliphatic rings. The van der Waals surface area contributed by atoms with Gasteiger partial charge in [-0.1, -0.05) is 18.2 Å². The van der Waals surface area contributed by atoms with Crippen LogP contribution in [0.2, 0.25) is 0 Å². The third-order valence-corrected chi connectivity index (χ3v) is 2.73. The van der Waals surface area contributed by atoms with E-state index in [0.29, 0.717) is 11.6 Å². The summed E-state index contributed by atoms with van der Waals surface area (Å²) in [7, 11) is 0. The van der Waals surface area contributed by atoms with Crippen molar-refractivity contribution in [2.75, 3.05) is 5.43 Å². The highest BCUT2D eigenvalue weighted by molar-refractivity contribution is 5.80. The molecule has 0 spiro atoms. The first kappa shape index (κ1) is 11.5. The molecule has 4 nitrogen and oxygen atoms in total. The van der Waals surface area contributed by atoms with Gasteiger partial charge in [-0.25, -0.2) is 4.98 Å². The van der Waals surface area contributed by atoms with Crippen molar-refractivity contribution in [3.8, 4) is 0 Å². The largest absolute Gasteiger partial charge is 0.460 e. The van der Waals surface area contributed by atoms with Gasteiger partial charge in [-0.05, 0) is 37.3 Å². The lowest BCUT2D eigenvalue weighted by Gasteiger charge is -2.01. The molecular weight excluding hydrogens is 238 g/mol. The number of benzene rings is 1. The van der Waals surface area contributed by atoms with Gasteiger partial charge in [-0.3, -0.25) is 5.43 Å². The van der Waals surface area contributed by atoms with Gasteiger partial charge in [-0.2, -0.15) is 5.10 Å². The Balaban J connectivity index is 1.76. The zero-order valence-corrected chi connectivity index (χ0v) is 10.5. The van der Waals surface area contributed by atoms with Crippen LogP contribution in [0.1, 0.15) is 11.5 Å². The first-order valence-corrected chi connectivity index (χ1v) is 6.02. The Hall–Kier alpha value is -2.62. The maximum Gasteiger partial charge on any atom is 0.147 e. The molecule has 3 aromatic rings. The van der Waals surface area contributed by atoms with Crippen LogP contribution in [0.15, 0.2) is 58.0 Å². The molecule has 0 radical (unpaired) electrons. The number of rotatable bonds is 3. The van der Waals surface area contributed by atoms with Crippen LogP contribution in [-0.4, -0.2) is 11.2 Å². The van der Waals surface area contributed by atoms with Crippen LogP contribution < -0.4 is 5.43 Å². The minimum atomic E-state index is 0.707. The molecule has 0 aliphatic heterocycles. The average molecular weight is 251 g/mol. The standard InChI is InChI=1S/C15H13N3O/c1-11-6-8-13(19-11)10-16-18-15-9-7-12-4-2-3-5-14(12)17-15/h2-10H,1H3,(H,17,18)/b16-10+. The van der Waals surface area contributed by atoms with Crippen molar-refractivity contribution in [2.45, 2.75) is 6.92 Å². The summed E-state index contributed by atoms with van der Waals surface area (Å²) in [6.07, 6.45) is 1.63.